The highest BCUT2D eigenvalue weighted by molar-refractivity contribution is 6.29. The number of likely N-dealkylation sites (tertiary alicyclic amines) is 1. The van der Waals surface area contributed by atoms with Crippen molar-refractivity contribution >= 4 is 23.4 Å². The molecule has 1 atom stereocenters. The van der Waals surface area contributed by atoms with E-state index in [1.54, 1.807) is 0 Å². The molecule has 1 aliphatic carbocycles. The maximum atomic E-state index is 12.8. The van der Waals surface area contributed by atoms with Crippen LogP contribution in [0.25, 0.3) is 0 Å². The Kier molecular flexibility index (Phi) is 8.29. The molecule has 1 unspecified atom stereocenters. The van der Waals surface area contributed by atoms with Crippen molar-refractivity contribution < 1.29 is 14.7 Å². The molecule has 6 nitrogen and oxygen atoms in total. The Hall–Kier alpha value is -2.15. The number of piperazine rings is 1. The molecule has 2 aliphatic heterocycles. The highest BCUT2D eigenvalue weighted by Crippen LogP contribution is 2.25. The molecule has 2 saturated heterocycles. The van der Waals surface area contributed by atoms with Gasteiger partial charge in [-0.15, -0.1) is 0 Å². The summed E-state index contributed by atoms with van der Waals surface area (Å²) in [6.45, 7) is 6.83. The van der Waals surface area contributed by atoms with E-state index in [4.69, 9.17) is 16.7 Å². The molecule has 1 aromatic rings. The number of hydrogen-bond donors (Lipinski definition) is 1. The quantitative estimate of drug-likeness (QED) is 0.777. The lowest BCUT2D eigenvalue weighted by Gasteiger charge is -2.38. The van der Waals surface area contributed by atoms with Crippen molar-refractivity contribution in [2.45, 2.75) is 32.2 Å². The molecule has 0 aromatic heterocycles. The SMILES string of the molecule is CO.Cc1ccc(C(=O)N2CCN(C3CCN(C(=O)C4=CC=C(Cl)CC4)C3)CC2)cc1. The first-order valence-electron chi connectivity index (χ1n) is 10.9. The number of carbonyl (C=O) groups is 2. The van der Waals surface area contributed by atoms with Crippen molar-refractivity contribution in [3.8, 4) is 0 Å². The smallest absolute Gasteiger partial charge is 0.253 e. The second kappa shape index (κ2) is 10.9. The Morgan fingerprint density at radius 3 is 2.19 bits per heavy atom. The molecule has 2 heterocycles. The van der Waals surface area contributed by atoms with E-state index in [0.717, 1.165) is 87.4 Å². The number of amides is 2. The van der Waals surface area contributed by atoms with Crippen LogP contribution in [0.1, 0.15) is 35.2 Å². The van der Waals surface area contributed by atoms with Gasteiger partial charge in [-0.05, 0) is 44.4 Å². The zero-order valence-corrected chi connectivity index (χ0v) is 19.1. The molecular weight excluding hydrogens is 414 g/mol. The minimum absolute atomic E-state index is 0.115. The number of carbonyl (C=O) groups excluding carboxylic acids is 2. The predicted molar refractivity (Wildman–Crippen MR) is 123 cm³/mol. The van der Waals surface area contributed by atoms with E-state index < -0.39 is 0 Å². The lowest BCUT2D eigenvalue weighted by molar-refractivity contribution is -0.126. The fraction of sp³-hybridized carbons (Fsp3) is 0.500. The molecule has 1 N–H and O–H groups in total. The maximum absolute atomic E-state index is 12.8. The normalized spacial score (nSPS) is 21.7. The number of halogens is 1. The highest BCUT2D eigenvalue weighted by atomic mass is 35.5. The van der Waals surface area contributed by atoms with Gasteiger partial charge in [0.25, 0.3) is 5.91 Å². The van der Waals surface area contributed by atoms with Gasteiger partial charge in [-0.3, -0.25) is 14.5 Å². The van der Waals surface area contributed by atoms with Gasteiger partial charge < -0.3 is 14.9 Å². The number of rotatable bonds is 3. The van der Waals surface area contributed by atoms with E-state index in [1.807, 2.05) is 53.1 Å². The molecule has 0 radical (unpaired) electrons. The molecule has 168 valence electrons. The predicted octanol–water partition coefficient (Wildman–Crippen LogP) is 2.81. The average Bonchev–Trinajstić information content (AvgIpc) is 3.31. The first-order valence-corrected chi connectivity index (χ1v) is 11.3. The van der Waals surface area contributed by atoms with Gasteiger partial charge in [0.15, 0.2) is 0 Å². The van der Waals surface area contributed by atoms with Gasteiger partial charge in [0.05, 0.1) is 0 Å². The van der Waals surface area contributed by atoms with Gasteiger partial charge >= 0.3 is 0 Å². The summed E-state index contributed by atoms with van der Waals surface area (Å²) >= 11 is 6.01. The summed E-state index contributed by atoms with van der Waals surface area (Å²) in [4.78, 5) is 31.9. The van der Waals surface area contributed by atoms with E-state index in [2.05, 4.69) is 4.90 Å². The van der Waals surface area contributed by atoms with Crippen molar-refractivity contribution in [3.63, 3.8) is 0 Å². The van der Waals surface area contributed by atoms with Crippen molar-refractivity contribution in [1.29, 1.82) is 0 Å². The van der Waals surface area contributed by atoms with Crippen LogP contribution < -0.4 is 0 Å². The summed E-state index contributed by atoms with van der Waals surface area (Å²) in [5, 5.41) is 7.82. The van der Waals surface area contributed by atoms with E-state index in [9.17, 15) is 9.59 Å². The largest absolute Gasteiger partial charge is 0.400 e. The summed E-state index contributed by atoms with van der Waals surface area (Å²) in [5.41, 5.74) is 2.79. The standard InChI is InChI=1S/C23H28ClN3O2.CH4O/c1-17-2-4-18(5-3-17)22(28)26-14-12-25(13-15-26)21-10-11-27(16-21)23(29)19-6-8-20(24)9-7-19;1-2/h2-6,8,21H,7,9-16H2,1H3;2H,1H3. The molecule has 4 rings (SSSR count). The van der Waals surface area contributed by atoms with Gasteiger partial charge in [-0.25, -0.2) is 0 Å². The fourth-order valence-corrected chi connectivity index (χ4v) is 4.54. The van der Waals surface area contributed by atoms with Crippen LogP contribution in [0, 0.1) is 6.92 Å². The van der Waals surface area contributed by atoms with Crippen LogP contribution in [0.3, 0.4) is 0 Å². The second-order valence-electron chi connectivity index (χ2n) is 8.19. The monoisotopic (exact) mass is 445 g/mol. The number of aliphatic hydroxyl groups excluding tert-OH is 1. The molecular formula is C24H32ClN3O3. The number of aryl methyl sites for hydroxylation is 1. The van der Waals surface area contributed by atoms with Crippen LogP contribution in [0.2, 0.25) is 0 Å². The van der Waals surface area contributed by atoms with Crippen LogP contribution in [0.5, 0.6) is 0 Å². The molecule has 7 heteroatoms. The Balaban J connectivity index is 0.00000132. The Bertz CT molecular complexity index is 842. The Morgan fingerprint density at radius 1 is 0.903 bits per heavy atom. The Morgan fingerprint density at radius 2 is 1.58 bits per heavy atom. The van der Waals surface area contributed by atoms with Gasteiger partial charge in [0, 0.05) is 68.6 Å². The summed E-state index contributed by atoms with van der Waals surface area (Å²) in [6, 6.07) is 8.18. The van der Waals surface area contributed by atoms with Gasteiger partial charge in [-0.2, -0.15) is 0 Å². The van der Waals surface area contributed by atoms with Crippen molar-refractivity contribution in [2.75, 3.05) is 46.4 Å². The molecule has 2 fully saturated rings. The maximum Gasteiger partial charge on any atom is 0.253 e. The van der Waals surface area contributed by atoms with Gasteiger partial charge in [0.2, 0.25) is 5.91 Å². The summed E-state index contributed by atoms with van der Waals surface area (Å²) < 4.78 is 0. The molecule has 0 saturated carbocycles. The molecule has 3 aliphatic rings. The van der Waals surface area contributed by atoms with Crippen molar-refractivity contribution in [1.82, 2.24) is 14.7 Å². The number of allylic oxidation sites excluding steroid dienone is 3. The third-order valence-corrected chi connectivity index (χ3v) is 6.56. The van der Waals surface area contributed by atoms with Gasteiger partial charge in [0.1, 0.15) is 0 Å². The third kappa shape index (κ3) is 5.76. The first kappa shape index (κ1) is 23.5. The van der Waals surface area contributed by atoms with Crippen molar-refractivity contribution in [2.24, 2.45) is 0 Å². The third-order valence-electron chi connectivity index (χ3n) is 6.24. The van der Waals surface area contributed by atoms with E-state index in [0.29, 0.717) is 6.04 Å². The van der Waals surface area contributed by atoms with Crippen LogP contribution >= 0.6 is 11.6 Å². The minimum Gasteiger partial charge on any atom is -0.400 e. The summed E-state index contributed by atoms with van der Waals surface area (Å²) in [6.07, 6.45) is 6.21. The topological polar surface area (TPSA) is 64.1 Å². The molecule has 2 amide bonds. The van der Waals surface area contributed by atoms with E-state index in [1.165, 1.54) is 0 Å². The number of benzene rings is 1. The van der Waals surface area contributed by atoms with E-state index >= 15 is 0 Å². The number of aliphatic hydroxyl groups is 1. The lowest BCUT2D eigenvalue weighted by Crippen LogP contribution is -2.52. The van der Waals surface area contributed by atoms with Crippen LogP contribution in [-0.4, -0.2) is 84.0 Å². The summed E-state index contributed by atoms with van der Waals surface area (Å²) in [7, 11) is 1.00. The van der Waals surface area contributed by atoms with E-state index in [-0.39, 0.29) is 11.8 Å². The zero-order chi connectivity index (χ0) is 22.4. The van der Waals surface area contributed by atoms with Crippen LogP contribution in [-0.2, 0) is 4.79 Å². The van der Waals surface area contributed by atoms with Gasteiger partial charge in [-0.1, -0.05) is 35.4 Å². The molecule has 0 spiro atoms. The summed E-state index contributed by atoms with van der Waals surface area (Å²) in [5.74, 6) is 0.268. The highest BCUT2D eigenvalue weighted by Gasteiger charge is 2.34. The zero-order valence-electron chi connectivity index (χ0n) is 18.4. The second-order valence-corrected chi connectivity index (χ2v) is 8.68. The first-order chi connectivity index (χ1) is 15.0. The lowest BCUT2D eigenvalue weighted by atomic mass is 10.0. The Labute approximate surface area is 189 Å². The number of hydrogen-bond acceptors (Lipinski definition) is 4. The molecule has 31 heavy (non-hydrogen) atoms. The molecule has 1 aromatic carbocycles. The van der Waals surface area contributed by atoms with Crippen LogP contribution in [0.4, 0.5) is 0 Å². The van der Waals surface area contributed by atoms with Crippen molar-refractivity contribution in [3.05, 3.63) is 58.1 Å². The van der Waals surface area contributed by atoms with Crippen LogP contribution in [0.15, 0.2) is 47.0 Å². The number of nitrogens with zero attached hydrogens (tertiary/aromatic N) is 3. The fourth-order valence-electron chi connectivity index (χ4n) is 4.39. The minimum atomic E-state index is 0.115. The molecule has 0 bridgehead atoms. The average molecular weight is 446 g/mol.